The van der Waals surface area contributed by atoms with E-state index < -0.39 is 0 Å². The van der Waals surface area contributed by atoms with E-state index in [2.05, 4.69) is 170 Å². The van der Waals surface area contributed by atoms with E-state index in [1.54, 1.807) is 0 Å². The van der Waals surface area contributed by atoms with Crippen LogP contribution in [-0.2, 0) is 0 Å². The highest BCUT2D eigenvalue weighted by Gasteiger charge is 2.21. The predicted octanol–water partition coefficient (Wildman–Crippen LogP) is 13.1. The lowest BCUT2D eigenvalue weighted by atomic mass is 10.0. The smallest absolute Gasteiger partial charge is 0.195 e. The highest BCUT2D eigenvalue weighted by Crippen LogP contribution is 2.42. The number of hydrogen-bond donors (Lipinski definition) is 0. The van der Waals surface area contributed by atoms with E-state index in [1.165, 1.54) is 27.2 Å². The molecular weight excluding hydrogens is 671 g/mol. The zero-order chi connectivity index (χ0) is 36.6. The lowest BCUT2D eigenvalue weighted by Gasteiger charge is -2.14. The van der Waals surface area contributed by atoms with Gasteiger partial charge in [0, 0.05) is 43.7 Å². The molecule has 0 aliphatic heterocycles. The number of hydrogen-bond acceptors (Lipinski definition) is 1. The molecule has 3 heterocycles. The molecule has 8 aromatic carbocycles. The first kappa shape index (κ1) is 30.7. The van der Waals surface area contributed by atoms with Crippen molar-refractivity contribution in [2.45, 2.75) is 0 Å². The van der Waals surface area contributed by atoms with Gasteiger partial charge in [-0.25, -0.2) is 4.85 Å². The molecule has 55 heavy (non-hydrogen) atoms. The molecule has 0 amide bonds. The van der Waals surface area contributed by atoms with Crippen molar-refractivity contribution in [1.29, 1.82) is 5.26 Å². The molecule has 5 nitrogen and oxygen atoms in total. The Balaban J connectivity index is 1.10. The number of benzene rings is 8. The number of nitrogens with zero attached hydrogens (tertiary/aromatic N) is 5. The Hall–Kier alpha value is -7.86. The quantitative estimate of drug-likeness (QED) is 0.169. The molecule has 0 bridgehead atoms. The molecule has 0 aliphatic rings. The first-order valence-electron chi connectivity index (χ1n) is 18.3. The predicted molar refractivity (Wildman–Crippen MR) is 226 cm³/mol. The van der Waals surface area contributed by atoms with E-state index in [4.69, 9.17) is 6.57 Å². The molecular formula is C50H29N5. The molecule has 0 saturated carbocycles. The lowest BCUT2D eigenvalue weighted by Crippen LogP contribution is -1.97. The van der Waals surface area contributed by atoms with E-state index in [0.717, 1.165) is 66.4 Å². The first-order chi connectivity index (χ1) is 27.2. The summed E-state index contributed by atoms with van der Waals surface area (Å²) in [6, 6.07) is 63.5. The summed E-state index contributed by atoms with van der Waals surface area (Å²) in [6.45, 7) is 8.14. The van der Waals surface area contributed by atoms with Crippen molar-refractivity contribution in [3.05, 3.63) is 193 Å². The number of fused-ring (bicyclic) bond motifs is 9. The van der Waals surface area contributed by atoms with Gasteiger partial charge in [-0.1, -0.05) is 109 Å². The van der Waals surface area contributed by atoms with Gasteiger partial charge in [-0.3, -0.25) is 0 Å². The van der Waals surface area contributed by atoms with E-state index in [0.29, 0.717) is 11.3 Å². The van der Waals surface area contributed by atoms with Gasteiger partial charge in [-0.05, 0) is 77.9 Å². The molecule has 0 N–H and O–H groups in total. The molecule has 3 aromatic heterocycles. The van der Waals surface area contributed by atoms with Crippen molar-refractivity contribution < 1.29 is 0 Å². The maximum absolute atomic E-state index is 10.1. The number of rotatable bonds is 4. The first-order valence-corrected chi connectivity index (χ1v) is 18.3. The van der Waals surface area contributed by atoms with Crippen LogP contribution in [0.1, 0.15) is 5.56 Å². The van der Waals surface area contributed by atoms with Crippen LogP contribution >= 0.6 is 0 Å². The van der Waals surface area contributed by atoms with Gasteiger partial charge in [0.15, 0.2) is 5.69 Å². The van der Waals surface area contributed by atoms with Crippen LogP contribution in [0.15, 0.2) is 176 Å². The van der Waals surface area contributed by atoms with Crippen LogP contribution in [0.2, 0.25) is 0 Å². The van der Waals surface area contributed by atoms with E-state index in [9.17, 15) is 5.26 Å². The van der Waals surface area contributed by atoms with E-state index in [-0.39, 0.29) is 0 Å². The summed E-state index contributed by atoms with van der Waals surface area (Å²) in [5.41, 5.74) is 12.6. The molecule has 5 heteroatoms. The maximum atomic E-state index is 10.1. The number of para-hydroxylation sites is 5. The molecule has 0 atom stereocenters. The molecule has 11 aromatic rings. The molecule has 0 radical (unpaired) electrons. The minimum absolute atomic E-state index is 0.590. The fourth-order valence-electron chi connectivity index (χ4n) is 8.81. The summed E-state index contributed by atoms with van der Waals surface area (Å²) in [7, 11) is 0. The van der Waals surface area contributed by atoms with E-state index >= 15 is 0 Å². The molecule has 0 fully saturated rings. The average molecular weight is 700 g/mol. The van der Waals surface area contributed by atoms with Gasteiger partial charge in [0.2, 0.25) is 0 Å². The Labute approximate surface area is 316 Å². The Kier molecular flexibility index (Phi) is 6.61. The number of aromatic nitrogens is 3. The van der Waals surface area contributed by atoms with Crippen LogP contribution in [0.4, 0.5) is 5.69 Å². The zero-order valence-electron chi connectivity index (χ0n) is 29.5. The summed E-state index contributed by atoms with van der Waals surface area (Å²) in [5, 5.41) is 17.0. The standard InChI is InChI=1S/C50H29N5/c1-52-42-29-28-35(30-41(42)32-24-26-34(27-25-32)54-43-18-6-4-15-38(43)39-17-10-12-33(31-51)50(39)54)53-46-21-9-5-16-40(46)49-47(53)22-11-23-48(49)55-44-19-7-2-13-36(44)37-14-3-8-20-45(37)55/h2-30H. The SMILES string of the molecule is [C-]#[N+]c1ccc(-n2c3ccccc3c3c(-n4c5ccccc5c5ccccc54)cccc32)cc1-c1ccc(-n2c3ccccc3c3cccc(C#N)c32)cc1. The van der Waals surface area contributed by atoms with Gasteiger partial charge in [-0.15, -0.1) is 0 Å². The Bertz CT molecular complexity index is 3400. The van der Waals surface area contributed by atoms with Crippen LogP contribution in [-0.4, -0.2) is 13.7 Å². The monoisotopic (exact) mass is 699 g/mol. The van der Waals surface area contributed by atoms with Gasteiger partial charge in [-0.2, -0.15) is 5.26 Å². The van der Waals surface area contributed by atoms with Gasteiger partial charge in [0.05, 0.1) is 50.9 Å². The Morgan fingerprint density at radius 3 is 1.64 bits per heavy atom. The second kappa shape index (κ2) is 11.8. The summed E-state index contributed by atoms with van der Waals surface area (Å²) in [6.07, 6.45) is 0. The maximum Gasteiger partial charge on any atom is 0.195 e. The van der Waals surface area contributed by atoms with Gasteiger partial charge in [0.25, 0.3) is 0 Å². The largest absolute Gasteiger partial charge is 0.309 e. The topological polar surface area (TPSA) is 42.9 Å². The van der Waals surface area contributed by atoms with Crippen LogP contribution in [0.5, 0.6) is 0 Å². The van der Waals surface area contributed by atoms with Crippen LogP contribution in [0, 0.1) is 17.9 Å². The molecule has 0 aliphatic carbocycles. The Morgan fingerprint density at radius 2 is 0.982 bits per heavy atom. The average Bonchev–Trinajstić information content (AvgIpc) is 3.90. The summed E-state index contributed by atoms with van der Waals surface area (Å²) in [4.78, 5) is 3.97. The van der Waals surface area contributed by atoms with Crippen molar-refractivity contribution in [1.82, 2.24) is 13.7 Å². The van der Waals surface area contributed by atoms with Crippen LogP contribution in [0.25, 0.3) is 98.5 Å². The third-order valence-corrected chi connectivity index (χ3v) is 11.1. The lowest BCUT2D eigenvalue weighted by molar-refractivity contribution is 1.17. The highest BCUT2D eigenvalue weighted by molar-refractivity contribution is 6.16. The molecule has 0 saturated heterocycles. The van der Waals surface area contributed by atoms with Crippen LogP contribution < -0.4 is 0 Å². The minimum Gasteiger partial charge on any atom is -0.309 e. The highest BCUT2D eigenvalue weighted by atomic mass is 15.0. The number of nitriles is 1. The van der Waals surface area contributed by atoms with Gasteiger partial charge in [0.1, 0.15) is 6.07 Å². The second-order valence-corrected chi connectivity index (χ2v) is 13.9. The molecule has 0 unspecified atom stereocenters. The fourth-order valence-corrected chi connectivity index (χ4v) is 8.81. The normalized spacial score (nSPS) is 11.6. The van der Waals surface area contributed by atoms with Crippen molar-refractivity contribution in [2.24, 2.45) is 0 Å². The van der Waals surface area contributed by atoms with Crippen molar-refractivity contribution >= 4 is 71.1 Å². The second-order valence-electron chi connectivity index (χ2n) is 13.9. The summed E-state index contributed by atoms with van der Waals surface area (Å²) >= 11 is 0. The third kappa shape index (κ3) is 4.39. The van der Waals surface area contributed by atoms with Crippen molar-refractivity contribution in [3.8, 4) is 34.3 Å². The Morgan fingerprint density at radius 1 is 0.455 bits per heavy atom. The minimum atomic E-state index is 0.590. The molecule has 254 valence electrons. The third-order valence-electron chi connectivity index (χ3n) is 11.1. The molecule has 0 spiro atoms. The molecule has 11 rings (SSSR count). The van der Waals surface area contributed by atoms with Gasteiger partial charge < -0.3 is 13.7 Å². The van der Waals surface area contributed by atoms with Crippen molar-refractivity contribution in [2.75, 3.05) is 0 Å². The van der Waals surface area contributed by atoms with Crippen molar-refractivity contribution in [3.63, 3.8) is 0 Å². The summed E-state index contributed by atoms with van der Waals surface area (Å²) < 4.78 is 6.90. The van der Waals surface area contributed by atoms with Crippen LogP contribution in [0.3, 0.4) is 0 Å². The van der Waals surface area contributed by atoms with Gasteiger partial charge >= 0.3 is 0 Å². The summed E-state index contributed by atoms with van der Waals surface area (Å²) in [5.74, 6) is 0. The van der Waals surface area contributed by atoms with E-state index in [1.807, 2.05) is 30.3 Å². The zero-order valence-corrected chi connectivity index (χ0v) is 29.5. The fraction of sp³-hybridized carbons (Fsp3) is 0.